The Bertz CT molecular complexity index is 873. The van der Waals surface area contributed by atoms with Gasteiger partial charge in [0.05, 0.1) is 5.41 Å². The fourth-order valence-electron chi connectivity index (χ4n) is 4.24. The van der Waals surface area contributed by atoms with Gasteiger partial charge in [0.15, 0.2) is 0 Å². The van der Waals surface area contributed by atoms with E-state index in [9.17, 15) is 4.79 Å². The van der Waals surface area contributed by atoms with Gasteiger partial charge >= 0.3 is 5.97 Å². The molecule has 0 amide bonds. The van der Waals surface area contributed by atoms with Crippen LogP contribution in [0.2, 0.25) is 0 Å². The van der Waals surface area contributed by atoms with Crippen LogP contribution in [0.15, 0.2) is 77.6 Å². The minimum atomic E-state index is -0.560. The minimum absolute atomic E-state index is 0.0689. The lowest BCUT2D eigenvalue weighted by Gasteiger charge is -2.42. The molecule has 0 N–H and O–H groups in total. The summed E-state index contributed by atoms with van der Waals surface area (Å²) in [6.45, 7) is 4.01. The van der Waals surface area contributed by atoms with Gasteiger partial charge in [-0.15, -0.1) is 0 Å². The van der Waals surface area contributed by atoms with Crippen LogP contribution in [0.1, 0.15) is 50.2 Å². The number of benzene rings is 2. The maximum Gasteiger partial charge on any atom is 0.317 e. The van der Waals surface area contributed by atoms with Crippen LogP contribution in [0.25, 0.3) is 6.08 Å². The highest BCUT2D eigenvalue weighted by Gasteiger charge is 2.47. The summed E-state index contributed by atoms with van der Waals surface area (Å²) in [5, 5.41) is 0. The molecular formula is C24H24O2. The first-order valence-corrected chi connectivity index (χ1v) is 9.33. The third kappa shape index (κ3) is 2.90. The van der Waals surface area contributed by atoms with Crippen molar-refractivity contribution in [1.82, 2.24) is 0 Å². The Morgan fingerprint density at radius 3 is 2.31 bits per heavy atom. The molecule has 0 radical (unpaired) electrons. The molecule has 0 saturated heterocycles. The molecule has 1 heterocycles. The van der Waals surface area contributed by atoms with Crippen LogP contribution >= 0.6 is 0 Å². The van der Waals surface area contributed by atoms with Gasteiger partial charge in [-0.1, -0.05) is 60.7 Å². The standard InChI is InChI=1S/C24H24O2/c1-24(2)21(18-12-7-4-8-13-18)20-15-9-14-19(22(20)26-23(24)25)16-17-10-5-3-6-11-17/h3-8,10-13,16,21H,9,14-15H2,1-2H3/t21-/m1/s1. The lowest BCUT2D eigenvalue weighted by atomic mass is 9.66. The number of hydrogen-bond donors (Lipinski definition) is 0. The molecule has 0 fully saturated rings. The van der Waals surface area contributed by atoms with Crippen LogP contribution in [-0.4, -0.2) is 5.97 Å². The van der Waals surface area contributed by atoms with E-state index >= 15 is 0 Å². The van der Waals surface area contributed by atoms with Crippen LogP contribution in [0.3, 0.4) is 0 Å². The number of hydrogen-bond acceptors (Lipinski definition) is 2. The van der Waals surface area contributed by atoms with E-state index < -0.39 is 5.41 Å². The second-order valence-electron chi connectivity index (χ2n) is 7.74. The summed E-state index contributed by atoms with van der Waals surface area (Å²) in [4.78, 5) is 12.9. The molecule has 0 aromatic heterocycles. The van der Waals surface area contributed by atoms with Crippen LogP contribution in [0, 0.1) is 5.41 Å². The van der Waals surface area contributed by atoms with Gasteiger partial charge in [-0.2, -0.15) is 0 Å². The van der Waals surface area contributed by atoms with Gasteiger partial charge in [-0.25, -0.2) is 0 Å². The third-order valence-electron chi connectivity index (χ3n) is 5.54. The number of carbonyl (C=O) groups is 1. The maximum absolute atomic E-state index is 12.9. The van der Waals surface area contributed by atoms with Crippen molar-refractivity contribution < 1.29 is 9.53 Å². The van der Waals surface area contributed by atoms with Crippen molar-refractivity contribution in [3.63, 3.8) is 0 Å². The summed E-state index contributed by atoms with van der Waals surface area (Å²) in [5.41, 5.74) is 4.20. The molecule has 4 rings (SSSR count). The Hall–Kier alpha value is -2.61. The highest BCUT2D eigenvalue weighted by atomic mass is 16.5. The van der Waals surface area contributed by atoms with E-state index in [0.717, 1.165) is 36.2 Å². The largest absolute Gasteiger partial charge is 0.426 e. The second kappa shape index (κ2) is 6.60. The third-order valence-corrected chi connectivity index (χ3v) is 5.54. The van der Waals surface area contributed by atoms with Crippen LogP contribution in [-0.2, 0) is 9.53 Å². The maximum atomic E-state index is 12.9. The smallest absolute Gasteiger partial charge is 0.317 e. The van der Waals surface area contributed by atoms with E-state index in [2.05, 4.69) is 42.5 Å². The molecule has 2 aromatic rings. The normalized spacial score (nSPS) is 23.5. The Labute approximate surface area is 155 Å². The zero-order chi connectivity index (χ0) is 18.1. The van der Waals surface area contributed by atoms with Crippen molar-refractivity contribution in [1.29, 1.82) is 0 Å². The van der Waals surface area contributed by atoms with E-state index in [0.29, 0.717) is 0 Å². The van der Waals surface area contributed by atoms with E-state index in [1.807, 2.05) is 38.1 Å². The minimum Gasteiger partial charge on any atom is -0.426 e. The summed E-state index contributed by atoms with van der Waals surface area (Å²) in [7, 11) is 0. The Kier molecular flexibility index (Phi) is 4.28. The van der Waals surface area contributed by atoms with Gasteiger partial charge < -0.3 is 4.74 Å². The van der Waals surface area contributed by atoms with Gasteiger partial charge in [0, 0.05) is 5.92 Å². The summed E-state index contributed by atoms with van der Waals surface area (Å²) in [5.74, 6) is 0.753. The average molecular weight is 344 g/mol. The SMILES string of the molecule is CC1(C)C(=O)OC2=C(CCCC2=Cc2ccccc2)[C@H]1c1ccccc1. The number of ether oxygens (including phenoxy) is 1. The Morgan fingerprint density at radius 2 is 1.62 bits per heavy atom. The molecule has 0 saturated carbocycles. The van der Waals surface area contributed by atoms with E-state index in [4.69, 9.17) is 4.74 Å². The van der Waals surface area contributed by atoms with Crippen LogP contribution in [0.4, 0.5) is 0 Å². The monoisotopic (exact) mass is 344 g/mol. The van der Waals surface area contributed by atoms with Crippen molar-refractivity contribution in [2.24, 2.45) is 5.41 Å². The molecular weight excluding hydrogens is 320 g/mol. The Morgan fingerprint density at radius 1 is 0.962 bits per heavy atom. The highest BCUT2D eigenvalue weighted by Crippen LogP contribution is 2.51. The zero-order valence-corrected chi connectivity index (χ0v) is 15.4. The molecule has 2 aliphatic rings. The lowest BCUT2D eigenvalue weighted by Crippen LogP contribution is -2.39. The first-order chi connectivity index (χ1) is 12.6. The second-order valence-corrected chi connectivity index (χ2v) is 7.74. The van der Waals surface area contributed by atoms with Gasteiger partial charge in [-0.3, -0.25) is 4.79 Å². The van der Waals surface area contributed by atoms with Crippen molar-refractivity contribution in [2.45, 2.75) is 39.0 Å². The van der Waals surface area contributed by atoms with Crippen molar-refractivity contribution in [3.05, 3.63) is 88.7 Å². The molecule has 0 bridgehead atoms. The molecule has 132 valence electrons. The number of esters is 1. The fraction of sp³-hybridized carbons (Fsp3) is 0.292. The molecule has 2 heteroatoms. The van der Waals surface area contributed by atoms with Crippen LogP contribution < -0.4 is 0 Å². The van der Waals surface area contributed by atoms with Crippen LogP contribution in [0.5, 0.6) is 0 Å². The van der Waals surface area contributed by atoms with Gasteiger partial charge in [0.1, 0.15) is 5.76 Å². The molecule has 26 heavy (non-hydrogen) atoms. The highest BCUT2D eigenvalue weighted by molar-refractivity contribution is 5.82. The summed E-state index contributed by atoms with van der Waals surface area (Å²) >= 11 is 0. The number of allylic oxidation sites excluding steroid dienone is 2. The quantitative estimate of drug-likeness (QED) is 0.636. The van der Waals surface area contributed by atoms with Gasteiger partial charge in [-0.05, 0) is 61.5 Å². The van der Waals surface area contributed by atoms with Crippen molar-refractivity contribution in [3.8, 4) is 0 Å². The molecule has 1 atom stereocenters. The van der Waals surface area contributed by atoms with Crippen molar-refractivity contribution >= 4 is 12.0 Å². The fourth-order valence-corrected chi connectivity index (χ4v) is 4.24. The molecule has 0 unspecified atom stereocenters. The molecule has 1 aliphatic heterocycles. The van der Waals surface area contributed by atoms with Gasteiger partial charge in [0.25, 0.3) is 0 Å². The molecule has 2 nitrogen and oxygen atoms in total. The molecule has 1 aliphatic carbocycles. The predicted molar refractivity (Wildman–Crippen MR) is 104 cm³/mol. The van der Waals surface area contributed by atoms with Crippen molar-refractivity contribution in [2.75, 3.05) is 0 Å². The lowest BCUT2D eigenvalue weighted by molar-refractivity contribution is -0.152. The molecule has 2 aromatic carbocycles. The Balaban J connectivity index is 1.85. The van der Waals surface area contributed by atoms with E-state index in [-0.39, 0.29) is 11.9 Å². The first kappa shape index (κ1) is 16.8. The topological polar surface area (TPSA) is 26.3 Å². The molecule has 0 spiro atoms. The first-order valence-electron chi connectivity index (χ1n) is 9.33. The number of carbonyl (C=O) groups excluding carboxylic acids is 1. The van der Waals surface area contributed by atoms with Gasteiger partial charge in [0.2, 0.25) is 0 Å². The summed E-state index contributed by atoms with van der Waals surface area (Å²) < 4.78 is 5.91. The van der Waals surface area contributed by atoms with E-state index in [1.165, 1.54) is 11.1 Å². The predicted octanol–water partition coefficient (Wildman–Crippen LogP) is 5.87. The van der Waals surface area contributed by atoms with E-state index in [1.54, 1.807) is 0 Å². The summed E-state index contributed by atoms with van der Waals surface area (Å²) in [6.07, 6.45) is 5.19. The number of rotatable bonds is 2. The average Bonchev–Trinajstić information content (AvgIpc) is 2.65. The zero-order valence-electron chi connectivity index (χ0n) is 15.4. The summed E-state index contributed by atoms with van der Waals surface area (Å²) in [6, 6.07) is 20.6.